The lowest BCUT2D eigenvalue weighted by Crippen LogP contribution is -2.31. The molecule has 0 saturated carbocycles. The molecule has 1 amide bonds. The fraction of sp³-hybridized carbons (Fsp3) is 0.333. The Labute approximate surface area is 122 Å². The van der Waals surface area contributed by atoms with Crippen LogP contribution in [0.1, 0.15) is 12.1 Å². The quantitative estimate of drug-likeness (QED) is 0.939. The number of hydrogen-bond acceptors (Lipinski definition) is 3. The summed E-state index contributed by atoms with van der Waals surface area (Å²) in [5.74, 6) is -0.250. The number of para-hydroxylation sites is 1. The second-order valence-electron chi connectivity index (χ2n) is 5.25. The van der Waals surface area contributed by atoms with E-state index in [1.807, 2.05) is 6.92 Å². The summed E-state index contributed by atoms with van der Waals surface area (Å²) in [6.07, 6.45) is 2.40. The number of carbonyl (C=O) groups excluding carboxylic acids is 1. The molecule has 0 aliphatic carbocycles. The van der Waals surface area contributed by atoms with Gasteiger partial charge in [-0.3, -0.25) is 4.79 Å². The lowest BCUT2D eigenvalue weighted by Gasteiger charge is -2.13. The Balaban J connectivity index is 1.87. The zero-order valence-corrected chi connectivity index (χ0v) is 12.0. The number of amides is 1. The summed E-state index contributed by atoms with van der Waals surface area (Å²) in [5.41, 5.74) is 1.94. The number of carbonyl (C=O) groups is 1. The van der Waals surface area contributed by atoms with Gasteiger partial charge < -0.3 is 10.2 Å². The molecular weight excluding hydrogens is 271 g/mol. The van der Waals surface area contributed by atoms with E-state index in [1.54, 1.807) is 41.0 Å². The molecule has 1 aromatic heterocycles. The van der Waals surface area contributed by atoms with Gasteiger partial charge in [0.25, 0.3) is 0 Å². The highest BCUT2D eigenvalue weighted by atomic mass is 19.1. The van der Waals surface area contributed by atoms with E-state index < -0.39 is 0 Å². The van der Waals surface area contributed by atoms with Crippen molar-refractivity contribution >= 4 is 11.6 Å². The van der Waals surface area contributed by atoms with Crippen LogP contribution >= 0.6 is 0 Å². The van der Waals surface area contributed by atoms with Gasteiger partial charge in [-0.25, -0.2) is 9.07 Å². The molecule has 0 radical (unpaired) electrons. The van der Waals surface area contributed by atoms with Crippen LogP contribution in [-0.2, 0) is 4.79 Å². The van der Waals surface area contributed by atoms with E-state index in [0.717, 1.165) is 24.3 Å². The number of hydrogen-bond donors (Lipinski definition) is 1. The normalized spacial score (nSPS) is 18.3. The van der Waals surface area contributed by atoms with Crippen LogP contribution in [0.4, 0.5) is 10.1 Å². The van der Waals surface area contributed by atoms with Crippen LogP contribution < -0.4 is 5.32 Å². The second-order valence-corrected chi connectivity index (χ2v) is 5.25. The minimum absolute atomic E-state index is 0.0769. The van der Waals surface area contributed by atoms with Crippen molar-refractivity contribution in [2.75, 3.05) is 18.9 Å². The van der Waals surface area contributed by atoms with Crippen LogP contribution in [0, 0.1) is 12.7 Å². The van der Waals surface area contributed by atoms with E-state index in [9.17, 15) is 9.18 Å². The first-order valence-corrected chi connectivity index (χ1v) is 6.89. The Morgan fingerprint density at radius 3 is 2.81 bits per heavy atom. The smallest absolute Gasteiger partial charge is 0.244 e. The van der Waals surface area contributed by atoms with Crippen molar-refractivity contribution in [3.63, 3.8) is 0 Å². The lowest BCUT2D eigenvalue weighted by molar-refractivity contribution is -0.127. The maximum absolute atomic E-state index is 13.8. The first kappa shape index (κ1) is 13.6. The first-order chi connectivity index (χ1) is 10.1. The number of likely N-dealkylation sites (tertiary alicyclic amines) is 1. The van der Waals surface area contributed by atoms with E-state index in [-0.39, 0.29) is 17.8 Å². The number of likely N-dealkylation sites (N-methyl/N-ethyl adjacent to an activating group) is 1. The average molecular weight is 288 g/mol. The van der Waals surface area contributed by atoms with E-state index in [2.05, 4.69) is 10.4 Å². The van der Waals surface area contributed by atoms with Crippen LogP contribution in [0.2, 0.25) is 0 Å². The standard InChI is InChI=1S/C15H17FN4O/c1-10-13(18-12-7-8-19(2)15(12)21)9-17-20(10)14-6-4-3-5-11(14)16/h3-6,9,12,18H,7-8H2,1-2H3/t12-/m1/s1. The highest BCUT2D eigenvalue weighted by Crippen LogP contribution is 2.23. The Bertz CT molecular complexity index is 682. The van der Waals surface area contributed by atoms with Crippen molar-refractivity contribution in [2.24, 2.45) is 0 Å². The summed E-state index contributed by atoms with van der Waals surface area (Å²) in [5, 5.41) is 7.42. The number of aromatic nitrogens is 2. The molecule has 110 valence electrons. The Morgan fingerprint density at radius 1 is 1.38 bits per heavy atom. The van der Waals surface area contributed by atoms with Gasteiger partial charge in [-0.2, -0.15) is 5.10 Å². The van der Waals surface area contributed by atoms with Gasteiger partial charge in [0.1, 0.15) is 17.5 Å². The Kier molecular flexibility index (Phi) is 3.37. The molecule has 1 aliphatic rings. The van der Waals surface area contributed by atoms with E-state index in [4.69, 9.17) is 0 Å². The van der Waals surface area contributed by atoms with Crippen molar-refractivity contribution in [2.45, 2.75) is 19.4 Å². The van der Waals surface area contributed by atoms with Gasteiger partial charge in [0, 0.05) is 13.6 Å². The zero-order valence-electron chi connectivity index (χ0n) is 12.0. The summed E-state index contributed by atoms with van der Waals surface area (Å²) >= 11 is 0. The largest absolute Gasteiger partial charge is 0.371 e. The van der Waals surface area contributed by atoms with Crippen LogP contribution in [0.15, 0.2) is 30.5 Å². The van der Waals surface area contributed by atoms with E-state index >= 15 is 0 Å². The minimum Gasteiger partial charge on any atom is -0.371 e. The molecule has 1 aromatic carbocycles. The van der Waals surface area contributed by atoms with Gasteiger partial charge in [0.15, 0.2) is 0 Å². The molecule has 0 spiro atoms. The van der Waals surface area contributed by atoms with Crippen LogP contribution in [0.3, 0.4) is 0 Å². The Hall–Kier alpha value is -2.37. The Morgan fingerprint density at radius 2 is 2.14 bits per heavy atom. The van der Waals surface area contributed by atoms with Gasteiger partial charge in [-0.1, -0.05) is 12.1 Å². The molecule has 5 nitrogen and oxygen atoms in total. The fourth-order valence-corrected chi connectivity index (χ4v) is 2.56. The summed E-state index contributed by atoms with van der Waals surface area (Å²) < 4.78 is 15.4. The molecule has 0 unspecified atom stereocenters. The van der Waals surface area contributed by atoms with Crippen molar-refractivity contribution in [3.05, 3.63) is 42.0 Å². The van der Waals surface area contributed by atoms with Crippen LogP contribution in [0.25, 0.3) is 5.69 Å². The zero-order chi connectivity index (χ0) is 15.0. The molecule has 1 saturated heterocycles. The highest BCUT2D eigenvalue weighted by molar-refractivity contribution is 5.86. The van der Waals surface area contributed by atoms with Crippen molar-refractivity contribution in [1.29, 1.82) is 0 Å². The lowest BCUT2D eigenvalue weighted by atomic mass is 10.2. The number of nitrogens with zero attached hydrogens (tertiary/aromatic N) is 3. The third-order valence-corrected chi connectivity index (χ3v) is 3.85. The molecule has 1 N–H and O–H groups in total. The van der Waals surface area contributed by atoms with Crippen molar-refractivity contribution in [3.8, 4) is 5.69 Å². The highest BCUT2D eigenvalue weighted by Gasteiger charge is 2.29. The summed E-state index contributed by atoms with van der Waals surface area (Å²) in [4.78, 5) is 13.6. The third-order valence-electron chi connectivity index (χ3n) is 3.85. The van der Waals surface area contributed by atoms with Crippen LogP contribution in [-0.4, -0.2) is 40.2 Å². The van der Waals surface area contributed by atoms with Crippen LogP contribution in [0.5, 0.6) is 0 Å². The maximum Gasteiger partial charge on any atom is 0.244 e. The van der Waals surface area contributed by atoms with E-state index in [0.29, 0.717) is 5.69 Å². The number of nitrogens with one attached hydrogen (secondary N) is 1. The molecule has 6 heteroatoms. The molecule has 1 atom stereocenters. The molecule has 3 rings (SSSR count). The number of halogens is 1. The van der Waals surface area contributed by atoms with Gasteiger partial charge in [-0.05, 0) is 25.5 Å². The summed E-state index contributed by atoms with van der Waals surface area (Å²) in [6.45, 7) is 2.60. The van der Waals surface area contributed by atoms with Crippen molar-refractivity contribution < 1.29 is 9.18 Å². The number of benzene rings is 1. The van der Waals surface area contributed by atoms with Gasteiger partial charge in [-0.15, -0.1) is 0 Å². The maximum atomic E-state index is 13.8. The molecule has 1 fully saturated rings. The molecule has 2 aromatic rings. The minimum atomic E-state index is -0.327. The van der Waals surface area contributed by atoms with Crippen molar-refractivity contribution in [1.82, 2.24) is 14.7 Å². The molecule has 0 bridgehead atoms. The average Bonchev–Trinajstić information content (AvgIpc) is 2.98. The molecule has 2 heterocycles. The molecule has 21 heavy (non-hydrogen) atoms. The van der Waals surface area contributed by atoms with Gasteiger partial charge >= 0.3 is 0 Å². The third kappa shape index (κ3) is 2.37. The predicted octanol–water partition coefficient (Wildman–Crippen LogP) is 1.96. The first-order valence-electron chi connectivity index (χ1n) is 6.89. The fourth-order valence-electron chi connectivity index (χ4n) is 2.56. The van der Waals surface area contributed by atoms with Gasteiger partial charge in [0.05, 0.1) is 17.6 Å². The topological polar surface area (TPSA) is 50.2 Å². The SMILES string of the molecule is Cc1c(N[C@@H]2CCN(C)C2=O)cnn1-c1ccccc1F. The summed E-state index contributed by atoms with van der Waals surface area (Å²) in [6, 6.07) is 6.26. The molecular formula is C15H17FN4O. The second kappa shape index (κ2) is 5.20. The molecule has 1 aliphatic heterocycles. The van der Waals surface area contributed by atoms with Gasteiger partial charge in [0.2, 0.25) is 5.91 Å². The number of rotatable bonds is 3. The number of anilines is 1. The summed E-state index contributed by atoms with van der Waals surface area (Å²) in [7, 11) is 1.79. The predicted molar refractivity (Wildman–Crippen MR) is 77.9 cm³/mol. The monoisotopic (exact) mass is 288 g/mol. The van der Waals surface area contributed by atoms with E-state index in [1.165, 1.54) is 6.07 Å².